The molecule has 0 saturated carbocycles. The molecule has 1 saturated heterocycles. The van der Waals surface area contributed by atoms with E-state index in [1.807, 2.05) is 62.5 Å². The van der Waals surface area contributed by atoms with Crippen LogP contribution < -0.4 is 10.6 Å². The molecule has 4 aromatic heterocycles. The Kier molecular flexibility index (Phi) is 7.80. The average Bonchev–Trinajstić information content (AvgIpc) is 3.67. The summed E-state index contributed by atoms with van der Waals surface area (Å²) in [5, 5.41) is 16.8. The fraction of sp³-hybridized carbons (Fsp3) is 0.276. The van der Waals surface area contributed by atoms with Gasteiger partial charge < -0.3 is 10.1 Å². The van der Waals surface area contributed by atoms with Crippen LogP contribution in [0.3, 0.4) is 0 Å². The molecule has 0 radical (unpaired) electrons. The maximum Gasteiger partial charge on any atom is 0.320 e. The quantitative estimate of drug-likeness (QED) is 0.261. The number of ether oxygens (including phenoxy) is 1. The van der Waals surface area contributed by atoms with Crippen LogP contribution in [0.15, 0.2) is 60.9 Å². The molecule has 1 aromatic carbocycles. The van der Waals surface area contributed by atoms with Crippen molar-refractivity contribution in [1.82, 2.24) is 39.7 Å². The molecule has 43 heavy (non-hydrogen) atoms. The summed E-state index contributed by atoms with van der Waals surface area (Å²) in [6.45, 7) is 4.75. The minimum atomic E-state index is -1.21. The minimum Gasteiger partial charge on any atom is -0.383 e. The summed E-state index contributed by atoms with van der Waals surface area (Å²) in [5.74, 6) is -1.21. The summed E-state index contributed by atoms with van der Waals surface area (Å²) >= 11 is 0. The van der Waals surface area contributed by atoms with Crippen LogP contribution in [-0.2, 0) is 9.57 Å². The number of amides is 2. The number of benzene rings is 1. The van der Waals surface area contributed by atoms with E-state index in [2.05, 4.69) is 25.7 Å². The molecule has 6 rings (SSSR count). The number of hydrogen-bond donors (Lipinski definition) is 2. The molecule has 1 fully saturated rings. The third kappa shape index (κ3) is 5.80. The molecule has 0 unspecified atom stereocenters. The molecular weight excluding hydrogens is 560 g/mol. The Balaban J connectivity index is 1.30. The zero-order valence-corrected chi connectivity index (χ0v) is 23.7. The predicted octanol–water partition coefficient (Wildman–Crippen LogP) is 4.00. The van der Waals surface area contributed by atoms with Crippen LogP contribution in [-0.4, -0.2) is 73.3 Å². The number of methoxy groups -OCH3 is 1. The van der Waals surface area contributed by atoms with E-state index in [1.54, 1.807) is 21.4 Å². The molecule has 0 spiro atoms. The van der Waals surface area contributed by atoms with Crippen LogP contribution in [0.4, 0.5) is 19.4 Å². The first-order chi connectivity index (χ1) is 20.8. The van der Waals surface area contributed by atoms with Crippen LogP contribution >= 0.6 is 0 Å². The number of anilines is 1. The minimum absolute atomic E-state index is 0.278. The number of urea groups is 1. The van der Waals surface area contributed by atoms with Gasteiger partial charge in [-0.05, 0) is 44.2 Å². The number of aromatic nitrogens is 6. The molecule has 0 bridgehead atoms. The molecule has 14 heteroatoms. The highest BCUT2D eigenvalue weighted by Crippen LogP contribution is 2.32. The molecular formula is C29H29F2N9O3. The summed E-state index contributed by atoms with van der Waals surface area (Å²) in [7, 11) is 1.56. The van der Waals surface area contributed by atoms with E-state index in [-0.39, 0.29) is 12.1 Å². The lowest BCUT2D eigenvalue weighted by molar-refractivity contribution is -0.154. The van der Waals surface area contributed by atoms with Crippen molar-refractivity contribution in [2.45, 2.75) is 26.0 Å². The smallest absolute Gasteiger partial charge is 0.320 e. The number of fused-ring (bicyclic) bond motifs is 1. The van der Waals surface area contributed by atoms with Gasteiger partial charge >= 0.3 is 6.03 Å². The molecule has 12 nitrogen and oxygen atoms in total. The van der Waals surface area contributed by atoms with Gasteiger partial charge in [0.25, 0.3) is 0 Å². The Morgan fingerprint density at radius 2 is 1.95 bits per heavy atom. The number of nitrogens with one attached hydrogen (secondary N) is 2. The number of halogens is 2. The summed E-state index contributed by atoms with van der Waals surface area (Å²) in [6, 6.07) is 13.1. The van der Waals surface area contributed by atoms with Crippen molar-refractivity contribution < 1.29 is 23.1 Å². The van der Waals surface area contributed by atoms with Crippen LogP contribution in [0, 0.1) is 25.6 Å². The molecule has 0 aliphatic carbocycles. The van der Waals surface area contributed by atoms with Crippen LogP contribution in [0.5, 0.6) is 0 Å². The highest BCUT2D eigenvalue weighted by Gasteiger charge is 2.37. The first-order valence-corrected chi connectivity index (χ1v) is 13.6. The van der Waals surface area contributed by atoms with Crippen molar-refractivity contribution in [1.29, 1.82) is 0 Å². The van der Waals surface area contributed by atoms with Gasteiger partial charge in [-0.3, -0.25) is 10.2 Å². The van der Waals surface area contributed by atoms with Gasteiger partial charge in [-0.2, -0.15) is 19.7 Å². The van der Waals surface area contributed by atoms with E-state index >= 15 is 0 Å². The van der Waals surface area contributed by atoms with Gasteiger partial charge in [0, 0.05) is 49.3 Å². The van der Waals surface area contributed by atoms with Crippen LogP contribution in [0.1, 0.15) is 23.1 Å². The Bertz CT molecular complexity index is 1780. The van der Waals surface area contributed by atoms with Gasteiger partial charge in [-0.15, -0.1) is 0 Å². The zero-order valence-electron chi connectivity index (χ0n) is 23.7. The van der Waals surface area contributed by atoms with Gasteiger partial charge in [0.1, 0.15) is 17.7 Å². The van der Waals surface area contributed by atoms with Gasteiger partial charge in [-0.1, -0.05) is 18.2 Å². The topological polar surface area (TPSA) is 124 Å². The molecule has 5 aromatic rings. The highest BCUT2D eigenvalue weighted by molar-refractivity contribution is 5.91. The lowest BCUT2D eigenvalue weighted by Crippen LogP contribution is -2.42. The van der Waals surface area contributed by atoms with E-state index in [9.17, 15) is 13.6 Å². The van der Waals surface area contributed by atoms with E-state index in [1.165, 1.54) is 6.20 Å². The number of carbonyl (C=O) groups is 1. The van der Waals surface area contributed by atoms with E-state index in [0.717, 1.165) is 22.9 Å². The first kappa shape index (κ1) is 28.3. The number of aryl methyl sites for hydroxylation is 1. The van der Waals surface area contributed by atoms with Gasteiger partial charge in [0.2, 0.25) is 5.95 Å². The Labute approximate surface area is 245 Å². The fourth-order valence-electron chi connectivity index (χ4n) is 5.05. The number of carbonyl (C=O) groups excluding carboxylic acids is 1. The molecule has 2 atom stereocenters. The maximum absolute atomic E-state index is 14.0. The Morgan fingerprint density at radius 1 is 1.14 bits per heavy atom. The van der Waals surface area contributed by atoms with Crippen molar-refractivity contribution in [3.05, 3.63) is 89.6 Å². The third-order valence-corrected chi connectivity index (χ3v) is 7.10. The van der Waals surface area contributed by atoms with Gasteiger partial charge in [0.05, 0.1) is 24.0 Å². The second-order valence-corrected chi connectivity index (χ2v) is 10.1. The van der Waals surface area contributed by atoms with E-state index in [4.69, 9.17) is 14.7 Å². The monoisotopic (exact) mass is 589 g/mol. The second kappa shape index (κ2) is 11.8. The fourth-order valence-corrected chi connectivity index (χ4v) is 5.05. The molecule has 2 N–H and O–H groups in total. The van der Waals surface area contributed by atoms with Crippen molar-refractivity contribution in [2.24, 2.45) is 0 Å². The molecule has 1 aliphatic rings. The first-order valence-electron chi connectivity index (χ1n) is 13.6. The third-order valence-electron chi connectivity index (χ3n) is 7.10. The number of hydroxylamine groups is 2. The second-order valence-electron chi connectivity index (χ2n) is 10.1. The predicted molar refractivity (Wildman–Crippen MR) is 152 cm³/mol. The van der Waals surface area contributed by atoms with Crippen LogP contribution in [0.2, 0.25) is 0 Å². The summed E-state index contributed by atoms with van der Waals surface area (Å²) in [4.78, 5) is 27.4. The normalized spacial score (nSPS) is 17.0. The number of nitrogens with zero attached hydrogens (tertiary/aromatic N) is 7. The van der Waals surface area contributed by atoms with Gasteiger partial charge in [-0.25, -0.2) is 28.4 Å². The number of hydrogen-bond acceptors (Lipinski definition) is 8. The van der Waals surface area contributed by atoms with Crippen molar-refractivity contribution in [3.63, 3.8) is 0 Å². The molecule has 222 valence electrons. The Hall–Kier alpha value is -4.79. The summed E-state index contributed by atoms with van der Waals surface area (Å²) in [5.41, 5.74) is 3.90. The lowest BCUT2D eigenvalue weighted by Gasteiger charge is -2.19. The van der Waals surface area contributed by atoms with Crippen molar-refractivity contribution in [2.75, 3.05) is 32.1 Å². The zero-order chi connectivity index (χ0) is 30.1. The van der Waals surface area contributed by atoms with E-state index < -0.39 is 29.9 Å². The summed E-state index contributed by atoms with van der Waals surface area (Å²) in [6.07, 6.45) is 2.23. The number of para-hydroxylation sites is 1. The highest BCUT2D eigenvalue weighted by atomic mass is 19.2. The SMILES string of the molecule is COCCN1C[C@@H](NC(=O)Nc2c(C)c(-c3ccc4nc(C)nn4c3)nn2-c2ccccc2)[C@H](c2cnc(F)c(F)c2)O1. The standard InChI is InChI=1S/C29H29F2N9O3/c1-17-25(19-9-10-24-33-18(2)36-39(24)15-19)37-40(21-7-5-4-6-8-21)28(17)35-29(41)34-23-16-38(11-12-42-3)43-26(23)20-13-22(30)27(31)32-14-20/h4-10,13-15,23,26H,11-12,16H2,1-3H3,(H2,34,35,41)/t23-,26+/m1/s1. The van der Waals surface area contributed by atoms with E-state index in [0.29, 0.717) is 36.1 Å². The summed E-state index contributed by atoms with van der Waals surface area (Å²) < 4.78 is 36.1. The van der Waals surface area contributed by atoms with Crippen molar-refractivity contribution in [3.8, 4) is 16.9 Å². The molecule has 2 amide bonds. The number of rotatable bonds is 8. The lowest BCUT2D eigenvalue weighted by atomic mass is 10.0. The van der Waals surface area contributed by atoms with Crippen molar-refractivity contribution >= 4 is 17.5 Å². The largest absolute Gasteiger partial charge is 0.383 e. The average molecular weight is 590 g/mol. The van der Waals surface area contributed by atoms with Crippen LogP contribution in [0.25, 0.3) is 22.6 Å². The Morgan fingerprint density at radius 3 is 2.72 bits per heavy atom. The molecule has 1 aliphatic heterocycles. The maximum atomic E-state index is 14.0. The van der Waals surface area contributed by atoms with Gasteiger partial charge in [0.15, 0.2) is 11.5 Å². The number of pyridine rings is 2. The molecule has 5 heterocycles.